The standard InChI is InChI=1S/C15H12O5/c1-8-11(16)4-3-10(14(8)17)15(18)9-2-5-12-13(6-9)20-7-19-12/h2-6,16-17H,7H2,1H3. The zero-order valence-corrected chi connectivity index (χ0v) is 10.7. The highest BCUT2D eigenvalue weighted by Crippen LogP contribution is 2.35. The number of ketones is 1. The number of aromatic hydroxyl groups is 2. The Morgan fingerprint density at radius 3 is 2.65 bits per heavy atom. The smallest absolute Gasteiger partial charge is 0.231 e. The second-order valence-corrected chi connectivity index (χ2v) is 4.50. The summed E-state index contributed by atoms with van der Waals surface area (Å²) in [6.07, 6.45) is 0. The third kappa shape index (κ3) is 1.84. The number of fused-ring (bicyclic) bond motifs is 1. The first-order valence-corrected chi connectivity index (χ1v) is 6.04. The molecule has 5 nitrogen and oxygen atoms in total. The molecule has 2 aromatic rings. The first-order valence-electron chi connectivity index (χ1n) is 6.04. The number of carbonyl (C=O) groups excluding carboxylic acids is 1. The summed E-state index contributed by atoms with van der Waals surface area (Å²) >= 11 is 0. The van der Waals surface area contributed by atoms with Crippen molar-refractivity contribution >= 4 is 5.78 Å². The lowest BCUT2D eigenvalue weighted by Gasteiger charge is -2.08. The van der Waals surface area contributed by atoms with Gasteiger partial charge in [0.2, 0.25) is 6.79 Å². The van der Waals surface area contributed by atoms with Crippen LogP contribution in [-0.2, 0) is 0 Å². The minimum Gasteiger partial charge on any atom is -0.508 e. The van der Waals surface area contributed by atoms with Gasteiger partial charge in [-0.3, -0.25) is 4.79 Å². The predicted octanol–water partition coefficient (Wildman–Crippen LogP) is 2.37. The van der Waals surface area contributed by atoms with E-state index in [1.807, 2.05) is 0 Å². The van der Waals surface area contributed by atoms with Gasteiger partial charge in [0, 0.05) is 11.1 Å². The Hall–Kier alpha value is -2.69. The SMILES string of the molecule is Cc1c(O)ccc(C(=O)c2ccc3c(c2)OCO3)c1O. The maximum absolute atomic E-state index is 12.4. The number of ether oxygens (including phenoxy) is 2. The van der Waals surface area contributed by atoms with Crippen molar-refractivity contribution in [2.75, 3.05) is 6.79 Å². The molecule has 0 unspecified atom stereocenters. The van der Waals surface area contributed by atoms with Gasteiger partial charge in [-0.25, -0.2) is 0 Å². The topological polar surface area (TPSA) is 76.0 Å². The van der Waals surface area contributed by atoms with E-state index in [4.69, 9.17) is 9.47 Å². The van der Waals surface area contributed by atoms with E-state index in [0.717, 1.165) is 0 Å². The number of hydrogen-bond donors (Lipinski definition) is 2. The lowest BCUT2D eigenvalue weighted by atomic mass is 9.99. The summed E-state index contributed by atoms with van der Waals surface area (Å²) in [4.78, 5) is 12.4. The monoisotopic (exact) mass is 272 g/mol. The summed E-state index contributed by atoms with van der Waals surface area (Å²) in [6.45, 7) is 1.68. The van der Waals surface area contributed by atoms with Crippen LogP contribution in [-0.4, -0.2) is 22.8 Å². The fourth-order valence-electron chi connectivity index (χ4n) is 2.07. The number of phenolic OH excluding ortho intramolecular Hbond substituents is 2. The number of hydrogen-bond acceptors (Lipinski definition) is 5. The molecule has 0 aliphatic carbocycles. The number of phenols is 2. The third-order valence-corrected chi connectivity index (χ3v) is 3.28. The molecular weight excluding hydrogens is 260 g/mol. The minimum atomic E-state index is -0.344. The average Bonchev–Trinajstić information content (AvgIpc) is 2.91. The molecule has 2 N–H and O–H groups in total. The van der Waals surface area contributed by atoms with Gasteiger partial charge in [0.05, 0.1) is 5.56 Å². The van der Waals surface area contributed by atoms with Gasteiger partial charge in [-0.1, -0.05) is 0 Å². The Morgan fingerprint density at radius 1 is 1.10 bits per heavy atom. The zero-order valence-electron chi connectivity index (χ0n) is 10.7. The van der Waals surface area contributed by atoms with E-state index in [9.17, 15) is 15.0 Å². The van der Waals surface area contributed by atoms with Gasteiger partial charge in [0.25, 0.3) is 0 Å². The normalized spacial score (nSPS) is 12.4. The molecule has 0 radical (unpaired) electrons. The van der Waals surface area contributed by atoms with Crippen LogP contribution in [0.15, 0.2) is 30.3 Å². The molecule has 1 heterocycles. The van der Waals surface area contributed by atoms with E-state index in [2.05, 4.69) is 0 Å². The number of benzene rings is 2. The molecule has 2 aromatic carbocycles. The minimum absolute atomic E-state index is 0.0512. The highest BCUT2D eigenvalue weighted by molar-refractivity contribution is 6.11. The molecule has 0 spiro atoms. The fourth-order valence-corrected chi connectivity index (χ4v) is 2.07. The summed E-state index contributed by atoms with van der Waals surface area (Å²) in [5, 5.41) is 19.5. The zero-order chi connectivity index (χ0) is 14.3. The third-order valence-electron chi connectivity index (χ3n) is 3.28. The van der Waals surface area contributed by atoms with E-state index in [0.29, 0.717) is 17.1 Å². The van der Waals surface area contributed by atoms with Crippen LogP contribution in [0.2, 0.25) is 0 Å². The van der Waals surface area contributed by atoms with Crippen LogP contribution in [0.4, 0.5) is 0 Å². The Morgan fingerprint density at radius 2 is 1.85 bits per heavy atom. The molecule has 20 heavy (non-hydrogen) atoms. The van der Waals surface area contributed by atoms with Crippen LogP contribution in [0.25, 0.3) is 0 Å². The van der Waals surface area contributed by atoms with Crippen LogP contribution < -0.4 is 9.47 Å². The number of carbonyl (C=O) groups is 1. The van der Waals surface area contributed by atoms with Crippen molar-refractivity contribution in [2.24, 2.45) is 0 Å². The molecule has 3 rings (SSSR count). The first kappa shape index (κ1) is 12.3. The van der Waals surface area contributed by atoms with Crippen molar-refractivity contribution < 1.29 is 24.5 Å². The maximum atomic E-state index is 12.4. The Balaban J connectivity index is 2.03. The van der Waals surface area contributed by atoms with Crippen molar-refractivity contribution in [1.82, 2.24) is 0 Å². The van der Waals surface area contributed by atoms with Crippen molar-refractivity contribution in [3.8, 4) is 23.0 Å². The summed E-state index contributed by atoms with van der Waals surface area (Å²) in [7, 11) is 0. The molecule has 0 amide bonds. The van der Waals surface area contributed by atoms with Gasteiger partial charge < -0.3 is 19.7 Å². The van der Waals surface area contributed by atoms with E-state index < -0.39 is 0 Å². The Bertz CT molecular complexity index is 706. The number of rotatable bonds is 2. The maximum Gasteiger partial charge on any atom is 0.231 e. The van der Waals surface area contributed by atoms with Crippen molar-refractivity contribution in [2.45, 2.75) is 6.92 Å². The second kappa shape index (κ2) is 4.45. The van der Waals surface area contributed by atoms with Gasteiger partial charge in [-0.2, -0.15) is 0 Å². The quantitative estimate of drug-likeness (QED) is 0.821. The molecule has 0 fully saturated rings. The molecule has 0 aromatic heterocycles. The van der Waals surface area contributed by atoms with E-state index >= 15 is 0 Å². The van der Waals surface area contributed by atoms with Crippen molar-refractivity contribution in [1.29, 1.82) is 0 Å². The molecule has 0 saturated carbocycles. The van der Waals surface area contributed by atoms with E-state index in [1.165, 1.54) is 12.1 Å². The van der Waals surface area contributed by atoms with Gasteiger partial charge in [0.1, 0.15) is 11.5 Å². The Labute approximate surface area is 115 Å². The van der Waals surface area contributed by atoms with Crippen LogP contribution in [0.3, 0.4) is 0 Å². The highest BCUT2D eigenvalue weighted by Gasteiger charge is 2.20. The molecule has 0 atom stereocenters. The largest absolute Gasteiger partial charge is 0.508 e. The summed E-state index contributed by atoms with van der Waals surface area (Å²) < 4.78 is 10.4. The van der Waals surface area contributed by atoms with Gasteiger partial charge in [-0.05, 0) is 37.3 Å². The highest BCUT2D eigenvalue weighted by atomic mass is 16.7. The predicted molar refractivity (Wildman–Crippen MR) is 70.5 cm³/mol. The molecular formula is C15H12O5. The first-order chi connectivity index (χ1) is 9.58. The van der Waals surface area contributed by atoms with Crippen LogP contribution in [0.1, 0.15) is 21.5 Å². The van der Waals surface area contributed by atoms with E-state index in [1.54, 1.807) is 25.1 Å². The lowest BCUT2D eigenvalue weighted by molar-refractivity contribution is 0.103. The van der Waals surface area contributed by atoms with Gasteiger partial charge >= 0.3 is 0 Å². The Kier molecular flexibility index (Phi) is 2.75. The van der Waals surface area contributed by atoms with Crippen LogP contribution in [0, 0.1) is 6.92 Å². The molecule has 1 aliphatic rings. The summed E-state index contributed by atoms with van der Waals surface area (Å²) in [5.41, 5.74) is 0.797. The average molecular weight is 272 g/mol. The second-order valence-electron chi connectivity index (χ2n) is 4.50. The lowest BCUT2D eigenvalue weighted by Crippen LogP contribution is -2.02. The fraction of sp³-hybridized carbons (Fsp3) is 0.133. The van der Waals surface area contributed by atoms with Gasteiger partial charge in [0.15, 0.2) is 17.3 Å². The molecule has 0 bridgehead atoms. The molecule has 102 valence electrons. The molecule has 0 saturated heterocycles. The van der Waals surface area contributed by atoms with Crippen LogP contribution >= 0.6 is 0 Å². The molecule has 1 aliphatic heterocycles. The van der Waals surface area contributed by atoms with Crippen molar-refractivity contribution in [3.63, 3.8) is 0 Å². The van der Waals surface area contributed by atoms with Crippen LogP contribution in [0.5, 0.6) is 23.0 Å². The van der Waals surface area contributed by atoms with E-state index in [-0.39, 0.29) is 35.2 Å². The van der Waals surface area contributed by atoms with Crippen molar-refractivity contribution in [3.05, 3.63) is 47.0 Å². The van der Waals surface area contributed by atoms with Gasteiger partial charge in [-0.15, -0.1) is 0 Å². The molecule has 5 heteroatoms. The summed E-state index contributed by atoms with van der Waals surface area (Å²) in [6, 6.07) is 7.61. The summed E-state index contributed by atoms with van der Waals surface area (Å²) in [5.74, 6) is 0.486.